The minimum Gasteiger partial charge on any atom is -0.508 e. The van der Waals surface area contributed by atoms with Crippen molar-refractivity contribution in [2.45, 2.75) is 57.1 Å². The summed E-state index contributed by atoms with van der Waals surface area (Å²) in [4.78, 5) is 41.2. The van der Waals surface area contributed by atoms with Crippen molar-refractivity contribution in [3.63, 3.8) is 0 Å². The number of carbonyl (C=O) groups is 3. The number of nitrogens with one attached hydrogen (secondary N) is 2. The van der Waals surface area contributed by atoms with Gasteiger partial charge in [-0.25, -0.2) is 0 Å². The summed E-state index contributed by atoms with van der Waals surface area (Å²) in [5.41, 5.74) is 2.24. The van der Waals surface area contributed by atoms with Gasteiger partial charge in [0.05, 0.1) is 11.9 Å². The molecule has 3 amide bonds. The topological polar surface area (TPSA) is 119 Å². The van der Waals surface area contributed by atoms with Crippen LogP contribution >= 0.6 is 11.8 Å². The fourth-order valence-corrected chi connectivity index (χ4v) is 5.45. The van der Waals surface area contributed by atoms with Crippen molar-refractivity contribution in [1.29, 1.82) is 0 Å². The summed E-state index contributed by atoms with van der Waals surface area (Å²) in [5.74, 6) is -1.27. The maximum atomic E-state index is 13.6. The van der Waals surface area contributed by atoms with E-state index in [1.165, 1.54) is 22.7 Å². The first-order chi connectivity index (χ1) is 17.4. The van der Waals surface area contributed by atoms with E-state index in [9.17, 15) is 24.6 Å². The normalized spacial score (nSPS) is 18.1. The van der Waals surface area contributed by atoms with Crippen molar-refractivity contribution >= 4 is 29.5 Å². The SMILES string of the molecule is C=C(C)CNC(=O)[C@H]1N(C(=O)[C@@H](O)[C@H](Cc2ccccc2)NC(=O)c2cccc(O)c2C)CSC1(C)C. The van der Waals surface area contributed by atoms with Gasteiger partial charge in [0, 0.05) is 22.4 Å². The predicted molar refractivity (Wildman–Crippen MR) is 145 cm³/mol. The van der Waals surface area contributed by atoms with Crippen LogP contribution in [0.2, 0.25) is 0 Å². The van der Waals surface area contributed by atoms with E-state index in [0.29, 0.717) is 5.56 Å². The smallest absolute Gasteiger partial charge is 0.254 e. The fraction of sp³-hybridized carbons (Fsp3) is 0.393. The highest BCUT2D eigenvalue weighted by Gasteiger charge is 2.49. The molecule has 1 fully saturated rings. The first kappa shape index (κ1) is 28.3. The number of carbonyl (C=O) groups excluding carboxylic acids is 3. The van der Waals surface area contributed by atoms with Gasteiger partial charge in [0.2, 0.25) is 5.91 Å². The molecule has 3 atom stereocenters. The summed E-state index contributed by atoms with van der Waals surface area (Å²) in [6, 6.07) is 12.0. The average molecular weight is 526 g/mol. The molecule has 2 aromatic carbocycles. The number of thioether (sulfide) groups is 1. The fourth-order valence-electron chi connectivity index (χ4n) is 4.31. The van der Waals surface area contributed by atoms with Crippen molar-refractivity contribution in [3.05, 3.63) is 77.4 Å². The van der Waals surface area contributed by atoms with Crippen molar-refractivity contribution in [3.8, 4) is 5.75 Å². The Kier molecular flexibility index (Phi) is 9.04. The summed E-state index contributed by atoms with van der Waals surface area (Å²) in [5, 5.41) is 26.9. The van der Waals surface area contributed by atoms with E-state index >= 15 is 0 Å². The molecule has 9 heteroatoms. The molecule has 0 radical (unpaired) electrons. The maximum absolute atomic E-state index is 13.6. The van der Waals surface area contributed by atoms with E-state index in [1.54, 1.807) is 26.0 Å². The van der Waals surface area contributed by atoms with Crippen LogP contribution in [0.5, 0.6) is 5.75 Å². The molecule has 0 saturated carbocycles. The van der Waals surface area contributed by atoms with Crippen LogP contribution in [-0.2, 0) is 16.0 Å². The Morgan fingerprint density at radius 2 is 1.84 bits per heavy atom. The first-order valence-electron chi connectivity index (χ1n) is 12.1. The molecule has 2 aromatic rings. The van der Waals surface area contributed by atoms with Gasteiger partial charge in [0.25, 0.3) is 11.8 Å². The van der Waals surface area contributed by atoms with Crippen molar-refractivity contribution in [2.75, 3.05) is 12.4 Å². The average Bonchev–Trinajstić information content (AvgIpc) is 3.18. The highest BCUT2D eigenvalue weighted by molar-refractivity contribution is 8.00. The molecular formula is C28H35N3O5S. The third kappa shape index (κ3) is 6.72. The monoisotopic (exact) mass is 525 g/mol. The third-order valence-electron chi connectivity index (χ3n) is 6.44. The summed E-state index contributed by atoms with van der Waals surface area (Å²) >= 11 is 1.45. The highest BCUT2D eigenvalue weighted by Crippen LogP contribution is 2.39. The van der Waals surface area contributed by atoms with Crippen LogP contribution in [0.1, 0.15) is 42.3 Å². The minimum atomic E-state index is -1.60. The van der Waals surface area contributed by atoms with Crippen molar-refractivity contribution in [1.82, 2.24) is 15.5 Å². The van der Waals surface area contributed by atoms with E-state index in [2.05, 4.69) is 17.2 Å². The Morgan fingerprint density at radius 3 is 2.49 bits per heavy atom. The van der Waals surface area contributed by atoms with Crippen LogP contribution in [0.3, 0.4) is 0 Å². The molecule has 1 saturated heterocycles. The lowest BCUT2D eigenvalue weighted by molar-refractivity contribution is -0.147. The largest absolute Gasteiger partial charge is 0.508 e. The van der Waals surface area contributed by atoms with E-state index in [0.717, 1.165) is 11.1 Å². The Morgan fingerprint density at radius 1 is 1.16 bits per heavy atom. The number of nitrogens with zero attached hydrogens (tertiary/aromatic N) is 1. The Balaban J connectivity index is 1.87. The molecule has 0 aromatic heterocycles. The number of phenols is 1. The summed E-state index contributed by atoms with van der Waals surface area (Å²) in [6.07, 6.45) is -1.42. The molecule has 1 aliphatic heterocycles. The number of hydrogen-bond donors (Lipinski definition) is 4. The van der Waals surface area contributed by atoms with Gasteiger partial charge in [-0.15, -0.1) is 11.8 Å². The number of phenolic OH excluding ortho intramolecular Hbond substituents is 1. The first-order valence-corrected chi connectivity index (χ1v) is 13.1. The molecule has 3 rings (SSSR count). The van der Waals surface area contributed by atoms with Crippen LogP contribution in [-0.4, -0.2) is 68.2 Å². The number of amides is 3. The van der Waals surface area contributed by atoms with Gasteiger partial charge in [-0.2, -0.15) is 0 Å². The van der Waals surface area contributed by atoms with Gasteiger partial charge in [0.15, 0.2) is 6.10 Å². The maximum Gasteiger partial charge on any atom is 0.254 e. The second-order valence-corrected chi connectivity index (χ2v) is 11.5. The zero-order valence-corrected chi connectivity index (χ0v) is 22.5. The molecule has 4 N–H and O–H groups in total. The van der Waals surface area contributed by atoms with Gasteiger partial charge < -0.3 is 25.7 Å². The van der Waals surface area contributed by atoms with Gasteiger partial charge in [-0.1, -0.05) is 48.6 Å². The molecule has 0 unspecified atom stereocenters. The highest BCUT2D eigenvalue weighted by atomic mass is 32.2. The predicted octanol–water partition coefficient (Wildman–Crippen LogP) is 2.78. The number of aromatic hydroxyl groups is 1. The molecular weight excluding hydrogens is 490 g/mol. The Bertz CT molecular complexity index is 1170. The molecule has 37 heavy (non-hydrogen) atoms. The summed E-state index contributed by atoms with van der Waals surface area (Å²) in [6.45, 7) is 11.3. The lowest BCUT2D eigenvalue weighted by Gasteiger charge is -2.33. The summed E-state index contributed by atoms with van der Waals surface area (Å²) < 4.78 is -0.578. The lowest BCUT2D eigenvalue weighted by atomic mass is 9.96. The quantitative estimate of drug-likeness (QED) is 0.374. The zero-order valence-electron chi connectivity index (χ0n) is 21.7. The van der Waals surface area contributed by atoms with E-state index in [1.807, 2.05) is 44.2 Å². The second-order valence-electron chi connectivity index (χ2n) is 9.93. The number of rotatable bonds is 9. The zero-order chi connectivity index (χ0) is 27.3. The lowest BCUT2D eigenvalue weighted by Crippen LogP contribution is -2.58. The van der Waals surface area contributed by atoms with E-state index in [-0.39, 0.29) is 36.1 Å². The standard InChI is InChI=1S/C28H35N3O5S/c1-17(2)15-29-26(35)24-28(4,5)37-16-31(24)27(36)23(33)21(14-19-10-7-6-8-11-19)30-25(34)20-12-9-13-22(32)18(20)3/h6-13,21,23-24,32-33H,1,14-16H2,2-5H3,(H,29,35)(H,30,34)/t21-,23-,24+/m0/s1. The van der Waals surface area contributed by atoms with Crippen LogP contribution in [0, 0.1) is 6.92 Å². The van der Waals surface area contributed by atoms with Gasteiger partial charge in [-0.05, 0) is 51.8 Å². The summed E-state index contributed by atoms with van der Waals surface area (Å²) in [7, 11) is 0. The van der Waals surface area contributed by atoms with E-state index in [4.69, 9.17) is 0 Å². The molecule has 0 bridgehead atoms. The third-order valence-corrected chi connectivity index (χ3v) is 7.82. The van der Waals surface area contributed by atoms with Crippen molar-refractivity contribution < 1.29 is 24.6 Å². The molecule has 0 aliphatic carbocycles. The molecule has 8 nitrogen and oxygen atoms in total. The number of aliphatic hydroxyl groups excluding tert-OH is 1. The molecule has 198 valence electrons. The van der Waals surface area contributed by atoms with Crippen LogP contribution in [0.25, 0.3) is 0 Å². The van der Waals surface area contributed by atoms with Crippen LogP contribution < -0.4 is 10.6 Å². The van der Waals surface area contributed by atoms with Gasteiger partial charge in [-0.3, -0.25) is 14.4 Å². The Hall–Kier alpha value is -3.30. The number of benzene rings is 2. The van der Waals surface area contributed by atoms with E-state index < -0.39 is 34.7 Å². The number of hydrogen-bond acceptors (Lipinski definition) is 6. The van der Waals surface area contributed by atoms with Crippen LogP contribution in [0.4, 0.5) is 0 Å². The minimum absolute atomic E-state index is 0.0242. The molecule has 1 aliphatic rings. The second kappa shape index (κ2) is 11.8. The van der Waals surface area contributed by atoms with Gasteiger partial charge >= 0.3 is 0 Å². The molecule has 0 spiro atoms. The Labute approximate surface area is 222 Å². The van der Waals surface area contributed by atoms with Crippen molar-refractivity contribution in [2.24, 2.45) is 0 Å². The molecule has 1 heterocycles. The van der Waals surface area contributed by atoms with Gasteiger partial charge in [0.1, 0.15) is 11.8 Å². The number of aliphatic hydroxyl groups is 1. The van der Waals surface area contributed by atoms with Crippen LogP contribution in [0.15, 0.2) is 60.7 Å².